The fourth-order valence-electron chi connectivity index (χ4n) is 2.75. The zero-order chi connectivity index (χ0) is 17.9. The van der Waals surface area contributed by atoms with Crippen LogP contribution in [0.1, 0.15) is 18.5 Å². The van der Waals surface area contributed by atoms with Crippen molar-refractivity contribution in [1.82, 2.24) is 4.98 Å². The lowest BCUT2D eigenvalue weighted by atomic mass is 10.1. The third kappa shape index (κ3) is 3.93. The van der Waals surface area contributed by atoms with Gasteiger partial charge in [-0.25, -0.2) is 0 Å². The maximum Gasteiger partial charge on any atom is 0.366 e. The Kier molecular flexibility index (Phi) is 4.94. The van der Waals surface area contributed by atoms with Crippen LogP contribution in [-0.2, 0) is 10.7 Å². The molecule has 1 aliphatic heterocycles. The van der Waals surface area contributed by atoms with Gasteiger partial charge < -0.3 is 15.3 Å². The number of aliphatic hydroxyl groups is 1. The molecule has 5 nitrogen and oxygen atoms in total. The van der Waals surface area contributed by atoms with Gasteiger partial charge in [-0.1, -0.05) is 6.07 Å². The van der Waals surface area contributed by atoms with E-state index in [1.807, 2.05) is 0 Å². The van der Waals surface area contributed by atoms with Gasteiger partial charge in [-0.2, -0.15) is 8.78 Å². The molecule has 1 amide bonds. The summed E-state index contributed by atoms with van der Waals surface area (Å²) in [4.78, 5) is 17.6. The van der Waals surface area contributed by atoms with Gasteiger partial charge in [0.25, 0.3) is 0 Å². The van der Waals surface area contributed by atoms with Gasteiger partial charge in [0.15, 0.2) is 0 Å². The molecule has 1 aromatic heterocycles. The van der Waals surface area contributed by atoms with Gasteiger partial charge >= 0.3 is 11.8 Å². The summed E-state index contributed by atoms with van der Waals surface area (Å²) in [6.45, 7) is 1.48. The first-order valence-corrected chi connectivity index (χ1v) is 8.10. The molecule has 25 heavy (non-hydrogen) atoms. The number of aliphatic hydroxyl groups excluding tert-OH is 1. The first-order chi connectivity index (χ1) is 12.0. The number of hydrogen-bond donors (Lipinski definition) is 2. The minimum atomic E-state index is -3.71. The van der Waals surface area contributed by atoms with Gasteiger partial charge in [0.2, 0.25) is 0 Å². The van der Waals surface area contributed by atoms with Crippen LogP contribution in [-0.4, -0.2) is 35.2 Å². The Morgan fingerprint density at radius 3 is 2.44 bits per heavy atom. The molecular weight excluding hydrogens is 328 g/mol. The molecule has 1 fully saturated rings. The monoisotopic (exact) mass is 347 g/mol. The van der Waals surface area contributed by atoms with Crippen LogP contribution < -0.4 is 10.2 Å². The maximum absolute atomic E-state index is 14.1. The number of carbonyl (C=O) groups excluding carboxylic acids is 1. The van der Waals surface area contributed by atoms with E-state index in [0.717, 1.165) is 24.8 Å². The highest BCUT2D eigenvalue weighted by Gasteiger charge is 2.42. The van der Waals surface area contributed by atoms with Gasteiger partial charge in [0, 0.05) is 30.7 Å². The number of anilines is 2. The van der Waals surface area contributed by atoms with Gasteiger partial charge in [-0.05, 0) is 49.2 Å². The summed E-state index contributed by atoms with van der Waals surface area (Å²) in [7, 11) is 0. The Morgan fingerprint density at radius 2 is 1.84 bits per heavy atom. The van der Waals surface area contributed by atoms with Crippen LogP contribution in [0.4, 0.5) is 20.2 Å². The first kappa shape index (κ1) is 17.3. The van der Waals surface area contributed by atoms with E-state index in [4.69, 9.17) is 0 Å². The first-order valence-electron chi connectivity index (χ1n) is 8.10. The van der Waals surface area contributed by atoms with Gasteiger partial charge in [-0.15, -0.1) is 0 Å². The second-order valence-electron chi connectivity index (χ2n) is 6.01. The smallest absolute Gasteiger partial charge is 0.366 e. The highest BCUT2D eigenvalue weighted by Crippen LogP contribution is 2.28. The summed E-state index contributed by atoms with van der Waals surface area (Å²) in [5, 5.41) is 11.8. The summed E-state index contributed by atoms with van der Waals surface area (Å²) in [5.74, 6) is -5.12. The summed E-state index contributed by atoms with van der Waals surface area (Å²) < 4.78 is 28.3. The number of halogens is 2. The SMILES string of the molecule is O=C(Nc1ccc(N2CCC(O)CC2)cc1)C(F)(F)c1ccccn1. The summed E-state index contributed by atoms with van der Waals surface area (Å²) >= 11 is 0. The Labute approximate surface area is 144 Å². The molecule has 2 N–H and O–H groups in total. The van der Waals surface area contributed by atoms with E-state index < -0.39 is 17.5 Å². The molecule has 0 aliphatic carbocycles. The third-order valence-corrected chi connectivity index (χ3v) is 4.23. The molecule has 2 aromatic rings. The zero-order valence-corrected chi connectivity index (χ0v) is 13.5. The number of hydrogen-bond acceptors (Lipinski definition) is 4. The van der Waals surface area contributed by atoms with Crippen LogP contribution in [0.5, 0.6) is 0 Å². The highest BCUT2D eigenvalue weighted by molar-refractivity contribution is 5.96. The molecule has 0 unspecified atom stereocenters. The summed E-state index contributed by atoms with van der Waals surface area (Å²) in [5.41, 5.74) is 0.638. The number of piperidine rings is 1. The van der Waals surface area contributed by atoms with Crippen LogP contribution in [0.2, 0.25) is 0 Å². The quantitative estimate of drug-likeness (QED) is 0.893. The Morgan fingerprint density at radius 1 is 1.16 bits per heavy atom. The molecule has 1 aromatic carbocycles. The second-order valence-corrected chi connectivity index (χ2v) is 6.01. The molecule has 3 rings (SSSR count). The molecule has 132 valence electrons. The van der Waals surface area contributed by atoms with Crippen molar-refractivity contribution in [2.75, 3.05) is 23.3 Å². The minimum absolute atomic E-state index is 0.261. The molecule has 0 atom stereocenters. The lowest BCUT2D eigenvalue weighted by Gasteiger charge is -2.31. The summed E-state index contributed by atoms with van der Waals surface area (Å²) in [6.07, 6.45) is 2.37. The fraction of sp³-hybridized carbons (Fsp3) is 0.333. The van der Waals surface area contributed by atoms with Gasteiger partial charge in [0.05, 0.1) is 6.10 Å². The van der Waals surface area contributed by atoms with E-state index in [9.17, 15) is 18.7 Å². The molecule has 1 aliphatic rings. The largest absolute Gasteiger partial charge is 0.393 e. The van der Waals surface area contributed by atoms with E-state index in [1.165, 1.54) is 18.3 Å². The zero-order valence-electron chi connectivity index (χ0n) is 13.5. The molecule has 0 saturated carbocycles. The van der Waals surface area contributed by atoms with Crippen LogP contribution >= 0.6 is 0 Å². The number of alkyl halides is 2. The average molecular weight is 347 g/mol. The van der Waals surface area contributed by atoms with Crippen molar-refractivity contribution in [1.29, 1.82) is 0 Å². The molecule has 0 bridgehead atoms. The van der Waals surface area contributed by atoms with Gasteiger partial charge in [-0.3, -0.25) is 9.78 Å². The molecule has 0 radical (unpaired) electrons. The van der Waals surface area contributed by atoms with E-state index in [1.54, 1.807) is 24.3 Å². The number of benzene rings is 1. The minimum Gasteiger partial charge on any atom is -0.393 e. The Balaban J connectivity index is 1.66. The number of nitrogens with one attached hydrogen (secondary N) is 1. The van der Waals surface area contributed by atoms with Crippen LogP contribution in [0.25, 0.3) is 0 Å². The number of pyridine rings is 1. The van der Waals surface area contributed by atoms with Crippen LogP contribution in [0.15, 0.2) is 48.7 Å². The van der Waals surface area contributed by atoms with E-state index >= 15 is 0 Å². The number of nitrogens with zero attached hydrogens (tertiary/aromatic N) is 2. The van der Waals surface area contributed by atoms with Crippen molar-refractivity contribution in [3.8, 4) is 0 Å². The molecule has 2 heterocycles. The van der Waals surface area contributed by atoms with Crippen LogP contribution in [0.3, 0.4) is 0 Å². The normalized spacial score (nSPS) is 15.9. The molecule has 0 spiro atoms. The third-order valence-electron chi connectivity index (χ3n) is 4.23. The van der Waals surface area contributed by atoms with E-state index in [-0.39, 0.29) is 6.10 Å². The predicted octanol–water partition coefficient (Wildman–Crippen LogP) is 2.77. The molecular formula is C18H19F2N3O2. The highest BCUT2D eigenvalue weighted by atomic mass is 19.3. The number of amides is 1. The average Bonchev–Trinajstić information content (AvgIpc) is 2.64. The molecule has 1 saturated heterocycles. The Bertz CT molecular complexity index is 715. The number of rotatable bonds is 4. The lowest BCUT2D eigenvalue weighted by molar-refractivity contribution is -0.141. The van der Waals surface area contributed by atoms with Crippen LogP contribution in [0, 0.1) is 0 Å². The van der Waals surface area contributed by atoms with Crippen molar-refractivity contribution in [3.63, 3.8) is 0 Å². The Hall–Kier alpha value is -2.54. The number of carbonyl (C=O) groups is 1. The van der Waals surface area contributed by atoms with E-state index in [2.05, 4.69) is 15.2 Å². The lowest BCUT2D eigenvalue weighted by Crippen LogP contribution is -2.35. The van der Waals surface area contributed by atoms with E-state index in [0.29, 0.717) is 18.5 Å². The maximum atomic E-state index is 14.1. The van der Waals surface area contributed by atoms with Crippen molar-refractivity contribution in [2.24, 2.45) is 0 Å². The predicted molar refractivity (Wildman–Crippen MR) is 90.7 cm³/mol. The second kappa shape index (κ2) is 7.14. The standard InChI is InChI=1S/C18H19F2N3O2/c19-18(20,16-3-1-2-10-21-16)17(25)22-13-4-6-14(7-5-13)23-11-8-15(24)9-12-23/h1-7,10,15,24H,8-9,11-12H2,(H,22,25). The van der Waals surface area contributed by atoms with Crippen molar-refractivity contribution in [3.05, 3.63) is 54.4 Å². The molecule has 7 heteroatoms. The fourth-order valence-corrected chi connectivity index (χ4v) is 2.75. The number of aromatic nitrogens is 1. The topological polar surface area (TPSA) is 65.5 Å². The van der Waals surface area contributed by atoms with Crippen molar-refractivity contribution >= 4 is 17.3 Å². The van der Waals surface area contributed by atoms with Gasteiger partial charge in [0.1, 0.15) is 5.69 Å². The summed E-state index contributed by atoms with van der Waals surface area (Å²) in [6, 6.07) is 10.8. The van der Waals surface area contributed by atoms with Crippen molar-refractivity contribution in [2.45, 2.75) is 24.9 Å². The van der Waals surface area contributed by atoms with Crippen molar-refractivity contribution < 1.29 is 18.7 Å².